The minimum atomic E-state index is -1.28. The predicted molar refractivity (Wildman–Crippen MR) is 153 cm³/mol. The number of ketones is 1. The van der Waals surface area contributed by atoms with Gasteiger partial charge >= 0.3 is 11.9 Å². The van der Waals surface area contributed by atoms with Crippen molar-refractivity contribution in [2.75, 3.05) is 6.61 Å². The largest absolute Gasteiger partial charge is 0.478 e. The smallest absolute Gasteiger partial charge is 0.335 e. The van der Waals surface area contributed by atoms with Crippen molar-refractivity contribution in [1.29, 1.82) is 0 Å². The van der Waals surface area contributed by atoms with Crippen LogP contribution in [0.25, 0.3) is 11.8 Å². The van der Waals surface area contributed by atoms with E-state index < -0.39 is 41.5 Å². The average Bonchev–Trinajstić information content (AvgIpc) is 3.58. The number of esters is 1. The minimum absolute atomic E-state index is 0.0331. The number of benzene rings is 1. The van der Waals surface area contributed by atoms with Crippen LogP contribution >= 0.6 is 0 Å². The molecule has 5 aliphatic rings. The number of carboxylic acid groups (broad SMARTS) is 1. The van der Waals surface area contributed by atoms with Crippen molar-refractivity contribution < 1.29 is 38.8 Å². The van der Waals surface area contributed by atoms with Crippen LogP contribution in [0.5, 0.6) is 0 Å². The van der Waals surface area contributed by atoms with E-state index >= 15 is 0 Å². The average molecular weight is 591 g/mol. The van der Waals surface area contributed by atoms with Crippen molar-refractivity contribution in [2.24, 2.45) is 28.6 Å². The van der Waals surface area contributed by atoms with E-state index in [1.807, 2.05) is 12.3 Å². The number of nitrogens with zero attached hydrogens (tertiary/aromatic N) is 2. The van der Waals surface area contributed by atoms with Crippen molar-refractivity contribution in [1.82, 2.24) is 9.78 Å². The topological polar surface area (TPSA) is 137 Å². The van der Waals surface area contributed by atoms with Gasteiger partial charge in [-0.15, -0.1) is 0 Å². The molecule has 7 rings (SSSR count). The van der Waals surface area contributed by atoms with Gasteiger partial charge in [-0.05, 0) is 92.0 Å². The third-order valence-corrected chi connectivity index (χ3v) is 11.5. The Kier molecular flexibility index (Phi) is 6.33. The second-order valence-corrected chi connectivity index (χ2v) is 13.6. The van der Waals surface area contributed by atoms with Crippen molar-refractivity contribution >= 4 is 23.8 Å². The zero-order valence-electron chi connectivity index (χ0n) is 24.9. The highest BCUT2D eigenvalue weighted by Gasteiger charge is 2.75. The molecule has 10 heteroatoms. The molecule has 2 heterocycles. The first-order valence-corrected chi connectivity index (χ1v) is 15.2. The Labute approximate surface area is 250 Å². The predicted octanol–water partition coefficient (Wildman–Crippen LogP) is 3.97. The molecule has 2 aromatic rings. The molecule has 0 bridgehead atoms. The standard InChI is InChI=1S/C33H38N2O8/c1-17(36)41-16-27(38)33-28(42-18(2)43-33)12-24-23-9-8-21-11-25-20(13-31(21,3)29(23)26(37)14-32(24,33)4)15-34-35(25)22-7-5-6-19(10-22)30(39)40/h5-7,10-11,15,18,23-24,26,28-29,37H,8-9,12-14,16H2,1-4H3,(H,39,40)/t18?,23-,24-,26-,28+,29+,31-,32-,33+/m0/s1. The maximum Gasteiger partial charge on any atom is 0.335 e. The summed E-state index contributed by atoms with van der Waals surface area (Å²) in [5.74, 6) is -1.61. The van der Waals surface area contributed by atoms with Gasteiger partial charge in [-0.2, -0.15) is 5.10 Å². The summed E-state index contributed by atoms with van der Waals surface area (Å²) < 4.78 is 19.6. The monoisotopic (exact) mass is 590 g/mol. The number of rotatable bonds is 5. The maximum absolute atomic E-state index is 13.8. The summed E-state index contributed by atoms with van der Waals surface area (Å²) in [4.78, 5) is 37.0. The molecule has 0 amide bonds. The van der Waals surface area contributed by atoms with Crippen LogP contribution in [0.1, 0.15) is 75.0 Å². The van der Waals surface area contributed by atoms with Crippen LogP contribution in [-0.2, 0) is 30.2 Å². The van der Waals surface area contributed by atoms with Crippen LogP contribution in [0.2, 0.25) is 0 Å². The summed E-state index contributed by atoms with van der Waals surface area (Å²) in [6, 6.07) is 6.78. The third kappa shape index (κ3) is 3.88. The maximum atomic E-state index is 13.8. The Morgan fingerprint density at radius 2 is 2.02 bits per heavy atom. The first-order chi connectivity index (χ1) is 20.4. The summed E-state index contributed by atoms with van der Waals surface area (Å²) >= 11 is 0. The lowest BCUT2D eigenvalue weighted by molar-refractivity contribution is -0.200. The number of Topliss-reactive ketones (excluding diaryl/α,β-unsaturated/α-hetero) is 1. The fourth-order valence-corrected chi connectivity index (χ4v) is 9.86. The number of aromatic carboxylic acids is 1. The second-order valence-electron chi connectivity index (χ2n) is 13.6. The number of carboxylic acids is 1. The van der Waals surface area contributed by atoms with E-state index in [2.05, 4.69) is 25.0 Å². The van der Waals surface area contributed by atoms with Gasteiger partial charge in [0.25, 0.3) is 0 Å². The molecule has 228 valence electrons. The van der Waals surface area contributed by atoms with Gasteiger partial charge in [-0.25, -0.2) is 9.48 Å². The van der Waals surface area contributed by atoms with Crippen molar-refractivity contribution in [3.63, 3.8) is 0 Å². The number of aliphatic hydroxyl groups is 1. The molecule has 1 aromatic heterocycles. The quantitative estimate of drug-likeness (QED) is 0.496. The molecule has 1 unspecified atom stereocenters. The zero-order valence-corrected chi connectivity index (χ0v) is 24.9. The van der Waals surface area contributed by atoms with E-state index in [1.165, 1.54) is 12.5 Å². The van der Waals surface area contributed by atoms with Gasteiger partial charge in [0.05, 0.1) is 35.3 Å². The molecule has 3 saturated carbocycles. The Morgan fingerprint density at radius 3 is 2.77 bits per heavy atom. The summed E-state index contributed by atoms with van der Waals surface area (Å²) in [7, 11) is 0. The van der Waals surface area contributed by atoms with Crippen LogP contribution in [0.15, 0.2) is 36.0 Å². The van der Waals surface area contributed by atoms with Crippen LogP contribution in [-0.4, -0.2) is 68.4 Å². The molecule has 0 radical (unpaired) electrons. The van der Waals surface area contributed by atoms with Crippen molar-refractivity contribution in [3.8, 4) is 5.69 Å². The molecule has 9 atom stereocenters. The summed E-state index contributed by atoms with van der Waals surface area (Å²) in [5, 5.41) is 26.2. The number of allylic oxidation sites excluding steroid dienone is 1. The fourth-order valence-electron chi connectivity index (χ4n) is 9.86. The lowest BCUT2D eigenvalue weighted by Gasteiger charge is -2.60. The lowest BCUT2D eigenvalue weighted by atomic mass is 9.45. The van der Waals surface area contributed by atoms with Crippen molar-refractivity contribution in [2.45, 2.75) is 83.9 Å². The number of fused-ring (bicyclic) bond motifs is 8. The summed E-state index contributed by atoms with van der Waals surface area (Å²) in [6.07, 6.45) is 5.78. The molecule has 4 aliphatic carbocycles. The van der Waals surface area contributed by atoms with E-state index in [1.54, 1.807) is 29.8 Å². The van der Waals surface area contributed by atoms with E-state index in [9.17, 15) is 24.6 Å². The number of carbonyl (C=O) groups is 3. The van der Waals surface area contributed by atoms with Gasteiger partial charge in [0.15, 0.2) is 18.5 Å². The Bertz CT molecular complexity index is 1560. The first-order valence-electron chi connectivity index (χ1n) is 15.2. The van der Waals surface area contributed by atoms with E-state index in [-0.39, 0.29) is 41.1 Å². The Morgan fingerprint density at radius 1 is 1.23 bits per heavy atom. The first kappa shape index (κ1) is 28.4. The number of hydrogen-bond donors (Lipinski definition) is 2. The third-order valence-electron chi connectivity index (χ3n) is 11.5. The summed E-state index contributed by atoms with van der Waals surface area (Å²) in [5.41, 5.74) is 1.90. The second kappa shape index (κ2) is 9.58. The minimum Gasteiger partial charge on any atom is -0.478 e. The number of ether oxygens (including phenoxy) is 3. The molecule has 10 nitrogen and oxygen atoms in total. The van der Waals surface area contributed by atoms with E-state index in [0.717, 1.165) is 24.1 Å². The molecule has 1 aliphatic heterocycles. The van der Waals surface area contributed by atoms with Gasteiger partial charge in [-0.1, -0.05) is 25.5 Å². The molecule has 0 spiro atoms. The molecular formula is C33H38N2O8. The van der Waals surface area contributed by atoms with Gasteiger partial charge in [0, 0.05) is 12.3 Å². The molecule has 43 heavy (non-hydrogen) atoms. The Hall–Kier alpha value is -3.34. The normalized spacial score (nSPS) is 39.0. The number of aromatic nitrogens is 2. The fraction of sp³-hybridized carbons (Fsp3) is 0.576. The molecular weight excluding hydrogens is 552 g/mol. The van der Waals surface area contributed by atoms with Gasteiger partial charge in [0.1, 0.15) is 0 Å². The molecule has 4 fully saturated rings. The highest BCUT2D eigenvalue weighted by Crippen LogP contribution is 2.70. The molecule has 1 aromatic carbocycles. The van der Waals surface area contributed by atoms with Gasteiger partial charge < -0.3 is 24.4 Å². The highest BCUT2D eigenvalue weighted by atomic mass is 16.7. The van der Waals surface area contributed by atoms with E-state index in [0.29, 0.717) is 24.9 Å². The lowest BCUT2D eigenvalue weighted by Crippen LogP contribution is -2.64. The number of carbonyl (C=O) groups excluding carboxylic acids is 2. The van der Waals surface area contributed by atoms with E-state index in [4.69, 9.17) is 14.2 Å². The van der Waals surface area contributed by atoms with Crippen LogP contribution < -0.4 is 0 Å². The van der Waals surface area contributed by atoms with Gasteiger partial charge in [0.2, 0.25) is 5.78 Å². The van der Waals surface area contributed by atoms with Crippen LogP contribution in [0, 0.1) is 28.6 Å². The van der Waals surface area contributed by atoms with Gasteiger partial charge in [-0.3, -0.25) is 9.59 Å². The van der Waals surface area contributed by atoms with Crippen molar-refractivity contribution in [3.05, 3.63) is 52.9 Å². The summed E-state index contributed by atoms with van der Waals surface area (Å²) in [6.45, 7) is 7.01. The van der Waals surface area contributed by atoms with Crippen LogP contribution in [0.3, 0.4) is 0 Å². The Balaban J connectivity index is 1.23. The number of aliphatic hydroxyl groups excluding tert-OH is 1. The number of hydrogen-bond acceptors (Lipinski definition) is 8. The SMILES string of the molecule is CC(=O)OCC(=O)[C@@]12OC(C)O[C@@H]1C[C@H]1[C@@H]3CCC4=Cc5c(cnn5-c5cccc(C(=O)O)c5)C[C@]4(C)[C@H]3[C@@H](O)C[C@@]12C. The highest BCUT2D eigenvalue weighted by molar-refractivity contribution is 5.92. The molecule has 2 N–H and O–H groups in total. The zero-order chi connectivity index (χ0) is 30.5. The van der Waals surface area contributed by atoms with Crippen LogP contribution in [0.4, 0.5) is 0 Å². The molecule has 1 saturated heterocycles.